The van der Waals surface area contributed by atoms with Gasteiger partial charge in [-0.05, 0) is 57.7 Å². The highest BCUT2D eigenvalue weighted by atomic mass is 16.5. The number of carbonyl (C=O) groups excluding carboxylic acids is 1. The predicted octanol–water partition coefficient (Wildman–Crippen LogP) is 3.67. The van der Waals surface area contributed by atoms with E-state index in [2.05, 4.69) is 15.3 Å². The summed E-state index contributed by atoms with van der Waals surface area (Å²) in [4.78, 5) is 20.8. The Balaban J connectivity index is 1.72. The predicted molar refractivity (Wildman–Crippen MR) is 88.8 cm³/mol. The Labute approximate surface area is 136 Å². The number of benzene rings is 1. The van der Waals surface area contributed by atoms with Crippen LogP contribution in [-0.4, -0.2) is 22.0 Å². The zero-order valence-corrected chi connectivity index (χ0v) is 13.5. The average Bonchev–Trinajstić information content (AvgIpc) is 3.04. The molecule has 1 aromatic heterocycles. The van der Waals surface area contributed by atoms with E-state index in [1.165, 1.54) is 12.8 Å². The van der Waals surface area contributed by atoms with Crippen molar-refractivity contribution in [3.63, 3.8) is 0 Å². The fourth-order valence-corrected chi connectivity index (χ4v) is 2.75. The maximum absolute atomic E-state index is 12.4. The van der Waals surface area contributed by atoms with Crippen molar-refractivity contribution >= 4 is 11.7 Å². The summed E-state index contributed by atoms with van der Waals surface area (Å²) in [7, 11) is 0. The lowest BCUT2D eigenvalue weighted by molar-refractivity contribution is 0.102. The van der Waals surface area contributed by atoms with Crippen LogP contribution in [0.1, 0.15) is 47.4 Å². The molecule has 1 saturated carbocycles. The van der Waals surface area contributed by atoms with Crippen molar-refractivity contribution in [3.05, 3.63) is 47.4 Å². The topological polar surface area (TPSA) is 64.1 Å². The summed E-state index contributed by atoms with van der Waals surface area (Å²) in [6, 6.07) is 7.31. The third-order valence-corrected chi connectivity index (χ3v) is 4.03. The highest BCUT2D eigenvalue weighted by molar-refractivity contribution is 6.04. The van der Waals surface area contributed by atoms with Crippen LogP contribution in [0.15, 0.2) is 30.5 Å². The van der Waals surface area contributed by atoms with Crippen LogP contribution in [0.4, 0.5) is 5.82 Å². The van der Waals surface area contributed by atoms with Crippen LogP contribution in [0.2, 0.25) is 0 Å². The monoisotopic (exact) mass is 311 g/mol. The van der Waals surface area contributed by atoms with Gasteiger partial charge < -0.3 is 10.1 Å². The second kappa shape index (κ2) is 6.77. The highest BCUT2D eigenvalue weighted by Gasteiger charge is 2.17. The van der Waals surface area contributed by atoms with E-state index < -0.39 is 0 Å². The van der Waals surface area contributed by atoms with E-state index in [1.54, 1.807) is 25.3 Å². The molecule has 23 heavy (non-hydrogen) atoms. The zero-order chi connectivity index (χ0) is 16.2. The first-order valence-electron chi connectivity index (χ1n) is 8.00. The van der Waals surface area contributed by atoms with E-state index in [4.69, 9.17) is 4.74 Å². The number of aryl methyl sites for hydroxylation is 2. The number of nitrogens with one attached hydrogen (secondary N) is 1. The molecule has 1 aromatic carbocycles. The van der Waals surface area contributed by atoms with Gasteiger partial charge in [0.1, 0.15) is 17.4 Å². The van der Waals surface area contributed by atoms with Crippen molar-refractivity contribution in [2.75, 3.05) is 5.32 Å². The molecule has 0 bridgehead atoms. The van der Waals surface area contributed by atoms with Crippen molar-refractivity contribution in [3.8, 4) is 5.75 Å². The van der Waals surface area contributed by atoms with Crippen molar-refractivity contribution in [1.29, 1.82) is 0 Å². The molecule has 120 valence electrons. The Morgan fingerprint density at radius 2 is 2.04 bits per heavy atom. The largest absolute Gasteiger partial charge is 0.490 e. The summed E-state index contributed by atoms with van der Waals surface area (Å²) < 4.78 is 5.95. The Hall–Kier alpha value is -2.43. The molecule has 1 aliphatic carbocycles. The molecule has 0 unspecified atom stereocenters. The molecule has 1 amide bonds. The summed E-state index contributed by atoms with van der Waals surface area (Å²) in [5.74, 6) is 1.73. The van der Waals surface area contributed by atoms with Gasteiger partial charge in [0.05, 0.1) is 6.10 Å². The van der Waals surface area contributed by atoms with Crippen LogP contribution in [-0.2, 0) is 0 Å². The smallest absolute Gasteiger partial charge is 0.256 e. The second-order valence-corrected chi connectivity index (χ2v) is 5.96. The molecule has 1 N–H and O–H groups in total. The Bertz CT molecular complexity index is 709. The number of carbonyl (C=O) groups is 1. The summed E-state index contributed by atoms with van der Waals surface area (Å²) in [5, 5.41) is 2.84. The van der Waals surface area contributed by atoms with Gasteiger partial charge in [0, 0.05) is 17.3 Å². The van der Waals surface area contributed by atoms with Crippen LogP contribution in [0, 0.1) is 13.8 Å². The van der Waals surface area contributed by atoms with E-state index >= 15 is 0 Å². The SMILES string of the molecule is Cc1ncc(C)c(NC(=O)c2cccc(OC3CCCC3)c2)n1. The zero-order valence-electron chi connectivity index (χ0n) is 13.5. The van der Waals surface area contributed by atoms with E-state index in [1.807, 2.05) is 19.1 Å². The minimum absolute atomic E-state index is 0.192. The van der Waals surface area contributed by atoms with Gasteiger partial charge in [-0.25, -0.2) is 9.97 Å². The number of ether oxygens (including phenoxy) is 1. The van der Waals surface area contributed by atoms with Crippen molar-refractivity contribution in [2.24, 2.45) is 0 Å². The average molecular weight is 311 g/mol. The number of hydrogen-bond donors (Lipinski definition) is 1. The quantitative estimate of drug-likeness (QED) is 0.935. The minimum atomic E-state index is -0.192. The molecule has 1 fully saturated rings. The number of anilines is 1. The van der Waals surface area contributed by atoms with Crippen molar-refractivity contribution in [1.82, 2.24) is 9.97 Å². The Morgan fingerprint density at radius 1 is 1.26 bits per heavy atom. The molecule has 3 rings (SSSR count). The van der Waals surface area contributed by atoms with Crippen LogP contribution >= 0.6 is 0 Å². The van der Waals surface area contributed by atoms with E-state index in [-0.39, 0.29) is 12.0 Å². The third kappa shape index (κ3) is 3.86. The summed E-state index contributed by atoms with van der Waals surface area (Å²) in [6.45, 7) is 3.67. The van der Waals surface area contributed by atoms with Crippen molar-refractivity contribution in [2.45, 2.75) is 45.6 Å². The van der Waals surface area contributed by atoms with Gasteiger partial charge in [-0.3, -0.25) is 4.79 Å². The molecular formula is C18H21N3O2. The molecule has 1 aliphatic rings. The van der Waals surface area contributed by atoms with Gasteiger partial charge in [0.25, 0.3) is 5.91 Å². The minimum Gasteiger partial charge on any atom is -0.490 e. The standard InChI is InChI=1S/C18H21N3O2/c1-12-11-19-13(2)20-17(12)21-18(22)14-6-5-9-16(10-14)23-15-7-3-4-8-15/h5-6,9-11,15H,3-4,7-8H2,1-2H3,(H,19,20,21,22). The number of hydrogen-bond acceptors (Lipinski definition) is 4. The first-order chi connectivity index (χ1) is 11.1. The summed E-state index contributed by atoms with van der Waals surface area (Å²) in [6.07, 6.45) is 6.61. The number of nitrogens with zero attached hydrogens (tertiary/aromatic N) is 2. The maximum Gasteiger partial charge on any atom is 0.256 e. The second-order valence-electron chi connectivity index (χ2n) is 5.96. The van der Waals surface area contributed by atoms with E-state index in [0.29, 0.717) is 17.2 Å². The lowest BCUT2D eigenvalue weighted by atomic mass is 10.2. The summed E-state index contributed by atoms with van der Waals surface area (Å²) >= 11 is 0. The maximum atomic E-state index is 12.4. The van der Waals surface area contributed by atoms with Crippen LogP contribution in [0.3, 0.4) is 0 Å². The molecule has 0 radical (unpaired) electrons. The lowest BCUT2D eigenvalue weighted by Crippen LogP contribution is -2.15. The normalized spacial score (nSPS) is 14.7. The van der Waals surface area contributed by atoms with Gasteiger partial charge in [-0.1, -0.05) is 6.07 Å². The fraction of sp³-hybridized carbons (Fsp3) is 0.389. The first-order valence-corrected chi connectivity index (χ1v) is 8.00. The molecular weight excluding hydrogens is 290 g/mol. The van der Waals surface area contributed by atoms with Gasteiger partial charge in [-0.2, -0.15) is 0 Å². The van der Waals surface area contributed by atoms with Crippen LogP contribution in [0.5, 0.6) is 5.75 Å². The molecule has 1 heterocycles. The fourth-order valence-electron chi connectivity index (χ4n) is 2.75. The highest BCUT2D eigenvalue weighted by Crippen LogP contribution is 2.24. The van der Waals surface area contributed by atoms with Gasteiger partial charge in [-0.15, -0.1) is 0 Å². The number of aromatic nitrogens is 2. The molecule has 2 aromatic rings. The molecule has 0 atom stereocenters. The van der Waals surface area contributed by atoms with E-state index in [9.17, 15) is 4.79 Å². The number of amides is 1. The Kier molecular flexibility index (Phi) is 4.55. The van der Waals surface area contributed by atoms with Gasteiger partial charge >= 0.3 is 0 Å². The van der Waals surface area contributed by atoms with Crippen molar-refractivity contribution < 1.29 is 9.53 Å². The van der Waals surface area contributed by atoms with E-state index in [0.717, 1.165) is 24.2 Å². The Morgan fingerprint density at radius 3 is 2.83 bits per heavy atom. The molecule has 0 spiro atoms. The van der Waals surface area contributed by atoms with Gasteiger partial charge in [0.15, 0.2) is 0 Å². The molecule has 0 aliphatic heterocycles. The van der Waals surface area contributed by atoms with Gasteiger partial charge in [0.2, 0.25) is 0 Å². The first kappa shape index (κ1) is 15.5. The third-order valence-electron chi connectivity index (χ3n) is 4.03. The molecule has 0 saturated heterocycles. The summed E-state index contributed by atoms with van der Waals surface area (Å²) in [5.41, 5.74) is 1.40. The number of rotatable bonds is 4. The molecule has 5 nitrogen and oxygen atoms in total. The van der Waals surface area contributed by atoms with Crippen LogP contribution < -0.4 is 10.1 Å². The lowest BCUT2D eigenvalue weighted by Gasteiger charge is -2.14. The van der Waals surface area contributed by atoms with Crippen LogP contribution in [0.25, 0.3) is 0 Å². The molecule has 5 heteroatoms.